The molecule has 0 aliphatic heterocycles. The summed E-state index contributed by atoms with van der Waals surface area (Å²) in [6.07, 6.45) is 0. The lowest BCUT2D eigenvalue weighted by molar-refractivity contribution is 0.0955. The van der Waals surface area contributed by atoms with Crippen LogP contribution in [0.1, 0.15) is 33.2 Å². The second kappa shape index (κ2) is 10.1. The van der Waals surface area contributed by atoms with Crippen LogP contribution < -0.4 is 20.2 Å². The lowest BCUT2D eigenvalue weighted by Gasteiger charge is -2.12. The van der Waals surface area contributed by atoms with Gasteiger partial charge in [0.25, 0.3) is 11.8 Å². The molecule has 2 amide bonds. The highest BCUT2D eigenvalue weighted by Gasteiger charge is 2.16. The summed E-state index contributed by atoms with van der Waals surface area (Å²) < 4.78 is 10.4. The first-order valence-electron chi connectivity index (χ1n) is 9.70. The van der Waals surface area contributed by atoms with Gasteiger partial charge in [-0.05, 0) is 49.4 Å². The average Bonchev–Trinajstić information content (AvgIpc) is 2.82. The fourth-order valence-electron chi connectivity index (χ4n) is 3.00. The number of nitrogens with zero attached hydrogens (tertiary/aromatic N) is 1. The van der Waals surface area contributed by atoms with Crippen LogP contribution in [0, 0.1) is 0 Å². The topological polar surface area (TPSA) is 109 Å². The van der Waals surface area contributed by atoms with Crippen LogP contribution in [0.15, 0.2) is 71.8 Å². The summed E-state index contributed by atoms with van der Waals surface area (Å²) in [7, 11) is 2.99. The van der Waals surface area contributed by atoms with E-state index >= 15 is 0 Å². The Morgan fingerprint density at radius 2 is 1.50 bits per heavy atom. The summed E-state index contributed by atoms with van der Waals surface area (Å²) in [6.45, 7) is 1.67. The standard InChI is InChI=1S/C24H23N3O5/c1-15(17-8-5-7-11-20(17)28)26-27-24(30)18-9-4-6-10-19(18)25-23(29)16-12-13-21(31-2)22(14-16)32-3/h4-14,28H,1-3H3,(H,25,29)(H,27,30)/b26-15-. The van der Waals surface area contributed by atoms with Gasteiger partial charge in [-0.2, -0.15) is 5.10 Å². The highest BCUT2D eigenvalue weighted by atomic mass is 16.5. The molecule has 8 heteroatoms. The summed E-state index contributed by atoms with van der Waals surface area (Å²) in [5, 5.41) is 16.7. The van der Waals surface area contributed by atoms with Crippen LogP contribution in [0.5, 0.6) is 17.2 Å². The smallest absolute Gasteiger partial charge is 0.273 e. The first-order valence-corrected chi connectivity index (χ1v) is 9.70. The van der Waals surface area contributed by atoms with E-state index in [0.717, 1.165) is 0 Å². The minimum atomic E-state index is -0.511. The van der Waals surface area contributed by atoms with Gasteiger partial charge in [-0.1, -0.05) is 24.3 Å². The molecule has 32 heavy (non-hydrogen) atoms. The molecule has 0 saturated heterocycles. The number of phenolic OH excluding ortho intramolecular Hbond substituents is 1. The van der Waals surface area contributed by atoms with E-state index in [1.54, 1.807) is 67.6 Å². The van der Waals surface area contributed by atoms with E-state index in [4.69, 9.17) is 9.47 Å². The number of benzene rings is 3. The Bertz CT molecular complexity index is 1170. The van der Waals surface area contributed by atoms with Gasteiger partial charge in [-0.3, -0.25) is 9.59 Å². The molecule has 0 bridgehead atoms. The lowest BCUT2D eigenvalue weighted by atomic mass is 10.1. The molecule has 0 aliphatic carbocycles. The molecule has 3 rings (SSSR count). The number of rotatable bonds is 7. The molecular weight excluding hydrogens is 410 g/mol. The molecule has 0 aromatic heterocycles. The number of aromatic hydroxyl groups is 1. The number of hydrogen-bond acceptors (Lipinski definition) is 6. The van der Waals surface area contributed by atoms with Crippen LogP contribution in [0.2, 0.25) is 0 Å². The van der Waals surface area contributed by atoms with Gasteiger partial charge in [-0.25, -0.2) is 5.43 Å². The Balaban J connectivity index is 1.78. The molecule has 0 fully saturated rings. The van der Waals surface area contributed by atoms with Crippen LogP contribution in [0.25, 0.3) is 0 Å². The van der Waals surface area contributed by atoms with Gasteiger partial charge in [0.2, 0.25) is 0 Å². The number of carbonyl (C=O) groups excluding carboxylic acids is 2. The highest BCUT2D eigenvalue weighted by Crippen LogP contribution is 2.28. The maximum Gasteiger partial charge on any atom is 0.273 e. The molecule has 164 valence electrons. The summed E-state index contributed by atoms with van der Waals surface area (Å²) in [4.78, 5) is 25.5. The largest absolute Gasteiger partial charge is 0.507 e. The Labute approximate surface area is 185 Å². The number of phenols is 1. The number of nitrogens with one attached hydrogen (secondary N) is 2. The van der Waals surface area contributed by atoms with Crippen LogP contribution in [0.3, 0.4) is 0 Å². The van der Waals surface area contributed by atoms with Crippen molar-refractivity contribution in [3.63, 3.8) is 0 Å². The second-order valence-electron chi connectivity index (χ2n) is 6.72. The maximum atomic E-state index is 12.8. The van der Waals surface area contributed by atoms with E-state index in [9.17, 15) is 14.7 Å². The molecule has 0 unspecified atom stereocenters. The number of hydrogen-bond donors (Lipinski definition) is 3. The van der Waals surface area contributed by atoms with Gasteiger partial charge >= 0.3 is 0 Å². The van der Waals surface area contributed by atoms with E-state index in [0.29, 0.717) is 34.0 Å². The highest BCUT2D eigenvalue weighted by molar-refractivity contribution is 6.09. The molecule has 0 spiro atoms. The second-order valence-corrected chi connectivity index (χ2v) is 6.72. The first-order chi connectivity index (χ1) is 15.4. The van der Waals surface area contributed by atoms with Gasteiger partial charge in [0.1, 0.15) is 5.75 Å². The van der Waals surface area contributed by atoms with E-state index in [1.807, 2.05) is 0 Å². The summed E-state index contributed by atoms with van der Waals surface area (Å²) in [6, 6.07) is 18.0. The number of carbonyl (C=O) groups is 2. The third-order valence-corrected chi connectivity index (χ3v) is 4.68. The minimum absolute atomic E-state index is 0.0607. The van der Waals surface area contributed by atoms with E-state index in [1.165, 1.54) is 20.3 Å². The minimum Gasteiger partial charge on any atom is -0.507 e. The van der Waals surface area contributed by atoms with Crippen LogP contribution in [0.4, 0.5) is 5.69 Å². The van der Waals surface area contributed by atoms with Gasteiger partial charge < -0.3 is 19.9 Å². The lowest BCUT2D eigenvalue weighted by Crippen LogP contribution is -2.22. The van der Waals surface area contributed by atoms with Crippen LogP contribution in [-0.4, -0.2) is 36.9 Å². The zero-order valence-electron chi connectivity index (χ0n) is 17.9. The quantitative estimate of drug-likeness (QED) is 0.388. The third-order valence-electron chi connectivity index (χ3n) is 4.68. The fourth-order valence-corrected chi connectivity index (χ4v) is 3.00. The Morgan fingerprint density at radius 3 is 2.19 bits per heavy atom. The molecule has 0 saturated carbocycles. The van der Waals surface area contributed by atoms with Crippen molar-refractivity contribution in [1.82, 2.24) is 5.43 Å². The van der Waals surface area contributed by atoms with Crippen molar-refractivity contribution in [2.24, 2.45) is 5.10 Å². The maximum absolute atomic E-state index is 12.8. The van der Waals surface area contributed by atoms with Crippen molar-refractivity contribution >= 4 is 23.2 Å². The Kier molecular flexibility index (Phi) is 7.07. The van der Waals surface area contributed by atoms with Crippen molar-refractivity contribution in [2.75, 3.05) is 19.5 Å². The number of anilines is 1. The molecule has 3 aromatic rings. The van der Waals surface area contributed by atoms with Gasteiger partial charge in [0.05, 0.1) is 31.2 Å². The predicted molar refractivity (Wildman–Crippen MR) is 122 cm³/mol. The van der Waals surface area contributed by atoms with Crippen molar-refractivity contribution in [3.8, 4) is 17.2 Å². The SMILES string of the molecule is COc1ccc(C(=O)Nc2ccccc2C(=O)N/N=C(/C)c2ccccc2O)cc1OC. The first kappa shape index (κ1) is 22.4. The van der Waals surface area contributed by atoms with Crippen molar-refractivity contribution in [1.29, 1.82) is 0 Å². The molecule has 8 nitrogen and oxygen atoms in total. The number of ether oxygens (including phenoxy) is 2. The van der Waals surface area contributed by atoms with Crippen molar-refractivity contribution < 1.29 is 24.2 Å². The van der Waals surface area contributed by atoms with E-state index in [-0.39, 0.29) is 11.3 Å². The molecule has 0 radical (unpaired) electrons. The van der Waals surface area contributed by atoms with Crippen molar-refractivity contribution in [2.45, 2.75) is 6.92 Å². The summed E-state index contributed by atoms with van der Waals surface area (Å²) in [5.74, 6) is 0.0512. The molecular formula is C24H23N3O5. The molecule has 3 aromatic carbocycles. The summed E-state index contributed by atoms with van der Waals surface area (Å²) in [5.41, 5.74) is 4.29. The zero-order chi connectivity index (χ0) is 23.1. The monoisotopic (exact) mass is 433 g/mol. The third kappa shape index (κ3) is 5.04. The molecule has 0 atom stereocenters. The number of para-hydroxylation sites is 2. The van der Waals surface area contributed by atoms with Gasteiger partial charge in [0, 0.05) is 11.1 Å². The predicted octanol–water partition coefficient (Wildman–Crippen LogP) is 3.82. The van der Waals surface area contributed by atoms with E-state index < -0.39 is 11.8 Å². The van der Waals surface area contributed by atoms with Gasteiger partial charge in [0.15, 0.2) is 11.5 Å². The van der Waals surface area contributed by atoms with Crippen LogP contribution >= 0.6 is 0 Å². The fraction of sp³-hybridized carbons (Fsp3) is 0.125. The number of methoxy groups -OCH3 is 2. The van der Waals surface area contributed by atoms with Gasteiger partial charge in [-0.15, -0.1) is 0 Å². The molecule has 3 N–H and O–H groups in total. The normalized spacial score (nSPS) is 10.9. The number of amides is 2. The van der Waals surface area contributed by atoms with E-state index in [2.05, 4.69) is 15.8 Å². The van der Waals surface area contributed by atoms with Crippen LogP contribution in [-0.2, 0) is 0 Å². The van der Waals surface area contributed by atoms with Crippen molar-refractivity contribution in [3.05, 3.63) is 83.4 Å². The average molecular weight is 433 g/mol. The number of hydrazone groups is 1. The molecule has 0 heterocycles. The molecule has 0 aliphatic rings. The zero-order valence-corrected chi connectivity index (χ0v) is 17.9. The summed E-state index contributed by atoms with van der Waals surface area (Å²) >= 11 is 0. The Morgan fingerprint density at radius 1 is 0.844 bits per heavy atom. The Hall–Kier alpha value is -4.33.